The molecule has 2 aliphatic heterocycles. The van der Waals surface area contributed by atoms with E-state index in [4.69, 9.17) is 14.3 Å². The molecule has 2 fully saturated rings. The summed E-state index contributed by atoms with van der Waals surface area (Å²) in [5.74, 6) is -1.51. The topological polar surface area (TPSA) is 100 Å². The van der Waals surface area contributed by atoms with Gasteiger partial charge in [-0.2, -0.15) is 0 Å². The Kier molecular flexibility index (Phi) is 4.33. The molecule has 0 aliphatic carbocycles. The molecular formula is C15H18N2O6. The Balaban J connectivity index is 1.56. The molecule has 1 atom stereocenters. The minimum Gasteiger partial charge on any atom is -0.478 e. The quantitative estimate of drug-likeness (QED) is 0.867. The van der Waals surface area contributed by atoms with Gasteiger partial charge in [-0.25, -0.2) is 4.79 Å². The minimum absolute atomic E-state index is 0.00121. The molecule has 0 spiro atoms. The van der Waals surface area contributed by atoms with E-state index in [9.17, 15) is 14.4 Å². The van der Waals surface area contributed by atoms with E-state index < -0.39 is 5.97 Å². The van der Waals surface area contributed by atoms with Crippen LogP contribution in [0.25, 0.3) is 0 Å². The SMILES string of the molecule is O=C(O)c1coc(C(=O)N2CCN(C(=O)C3CCCO3)CC2)c1. The van der Waals surface area contributed by atoms with Crippen LogP contribution in [0.1, 0.15) is 33.8 Å². The number of furan rings is 1. The second-order valence-electron chi connectivity index (χ2n) is 5.62. The third-order valence-electron chi connectivity index (χ3n) is 4.14. The Morgan fingerprint density at radius 2 is 1.83 bits per heavy atom. The highest BCUT2D eigenvalue weighted by molar-refractivity contribution is 5.95. The molecule has 2 amide bonds. The van der Waals surface area contributed by atoms with Crippen LogP contribution in [0.5, 0.6) is 0 Å². The van der Waals surface area contributed by atoms with Crippen LogP contribution in [0, 0.1) is 0 Å². The third kappa shape index (κ3) is 3.21. The van der Waals surface area contributed by atoms with E-state index in [-0.39, 0.29) is 29.2 Å². The zero-order valence-corrected chi connectivity index (χ0v) is 12.6. The van der Waals surface area contributed by atoms with Crippen LogP contribution in [-0.4, -0.2) is 71.6 Å². The van der Waals surface area contributed by atoms with Gasteiger partial charge in [-0.1, -0.05) is 0 Å². The smallest absolute Gasteiger partial charge is 0.338 e. The summed E-state index contributed by atoms with van der Waals surface area (Å²) >= 11 is 0. The summed E-state index contributed by atoms with van der Waals surface area (Å²) in [6.45, 7) is 2.29. The molecular weight excluding hydrogens is 304 g/mol. The van der Waals surface area contributed by atoms with Crippen LogP contribution in [0.2, 0.25) is 0 Å². The van der Waals surface area contributed by atoms with E-state index in [0.717, 1.165) is 19.1 Å². The van der Waals surface area contributed by atoms with Crippen LogP contribution in [0.3, 0.4) is 0 Å². The van der Waals surface area contributed by atoms with Crippen molar-refractivity contribution in [3.63, 3.8) is 0 Å². The summed E-state index contributed by atoms with van der Waals surface area (Å²) < 4.78 is 10.4. The Morgan fingerprint density at radius 3 is 2.39 bits per heavy atom. The number of hydrogen-bond donors (Lipinski definition) is 1. The molecule has 1 aromatic heterocycles. The lowest BCUT2D eigenvalue weighted by Crippen LogP contribution is -2.52. The fourth-order valence-corrected chi connectivity index (χ4v) is 2.82. The van der Waals surface area contributed by atoms with Gasteiger partial charge in [-0.3, -0.25) is 9.59 Å². The minimum atomic E-state index is -1.14. The summed E-state index contributed by atoms with van der Waals surface area (Å²) in [5, 5.41) is 8.85. The van der Waals surface area contributed by atoms with E-state index >= 15 is 0 Å². The molecule has 2 saturated heterocycles. The van der Waals surface area contributed by atoms with Crippen molar-refractivity contribution >= 4 is 17.8 Å². The summed E-state index contributed by atoms with van der Waals surface area (Å²) in [4.78, 5) is 38.6. The van der Waals surface area contributed by atoms with Gasteiger partial charge in [0.15, 0.2) is 5.76 Å². The molecule has 1 N–H and O–H groups in total. The predicted molar refractivity (Wildman–Crippen MR) is 77.1 cm³/mol. The highest BCUT2D eigenvalue weighted by atomic mass is 16.5. The fourth-order valence-electron chi connectivity index (χ4n) is 2.82. The zero-order chi connectivity index (χ0) is 16.4. The molecule has 23 heavy (non-hydrogen) atoms. The number of carbonyl (C=O) groups is 3. The maximum atomic E-state index is 12.3. The summed E-state index contributed by atoms with van der Waals surface area (Å²) in [6.07, 6.45) is 2.36. The lowest BCUT2D eigenvalue weighted by molar-refractivity contribution is -0.142. The van der Waals surface area contributed by atoms with Crippen molar-refractivity contribution in [2.24, 2.45) is 0 Å². The Labute approximate surface area is 132 Å². The Bertz CT molecular complexity index is 611. The Morgan fingerprint density at radius 1 is 1.13 bits per heavy atom. The molecule has 8 nitrogen and oxygen atoms in total. The standard InChI is InChI=1S/C15H18N2O6/c18-13(11-2-1-7-22-11)16-3-5-17(6-4-16)14(19)12-8-10(9-23-12)15(20)21/h8-9,11H,1-7H2,(H,20,21). The van der Waals surface area contributed by atoms with E-state index in [1.807, 2.05) is 0 Å². The average Bonchev–Trinajstić information content (AvgIpc) is 3.25. The lowest BCUT2D eigenvalue weighted by Gasteiger charge is -2.35. The second kappa shape index (κ2) is 6.41. The van der Waals surface area contributed by atoms with Gasteiger partial charge in [0.25, 0.3) is 11.8 Å². The first-order chi connectivity index (χ1) is 11.1. The number of hydrogen-bond acceptors (Lipinski definition) is 5. The monoisotopic (exact) mass is 322 g/mol. The van der Waals surface area contributed by atoms with Gasteiger partial charge < -0.3 is 24.1 Å². The zero-order valence-electron chi connectivity index (χ0n) is 12.6. The first kappa shape index (κ1) is 15.5. The molecule has 1 aromatic rings. The summed E-state index contributed by atoms with van der Waals surface area (Å²) in [6, 6.07) is 1.22. The van der Waals surface area contributed by atoms with E-state index in [1.165, 1.54) is 6.07 Å². The van der Waals surface area contributed by atoms with Gasteiger partial charge in [-0.15, -0.1) is 0 Å². The third-order valence-corrected chi connectivity index (χ3v) is 4.14. The van der Waals surface area contributed by atoms with Crippen molar-refractivity contribution in [3.8, 4) is 0 Å². The van der Waals surface area contributed by atoms with Gasteiger partial charge in [0, 0.05) is 38.9 Å². The Hall–Kier alpha value is -2.35. The number of ether oxygens (including phenoxy) is 1. The van der Waals surface area contributed by atoms with Crippen molar-refractivity contribution in [2.75, 3.05) is 32.8 Å². The van der Waals surface area contributed by atoms with E-state index in [1.54, 1.807) is 9.80 Å². The first-order valence-corrected chi connectivity index (χ1v) is 7.58. The lowest BCUT2D eigenvalue weighted by atomic mass is 10.2. The second-order valence-corrected chi connectivity index (χ2v) is 5.62. The number of carboxylic acids is 1. The number of rotatable bonds is 3. The van der Waals surface area contributed by atoms with Crippen LogP contribution >= 0.6 is 0 Å². The number of piperazine rings is 1. The molecule has 3 heterocycles. The van der Waals surface area contributed by atoms with Crippen LogP contribution in [-0.2, 0) is 9.53 Å². The van der Waals surface area contributed by atoms with Crippen LogP contribution in [0.15, 0.2) is 16.7 Å². The summed E-state index contributed by atoms with van der Waals surface area (Å²) in [7, 11) is 0. The van der Waals surface area contributed by atoms with E-state index in [2.05, 4.69) is 0 Å². The van der Waals surface area contributed by atoms with Gasteiger partial charge in [0.1, 0.15) is 12.4 Å². The molecule has 8 heteroatoms. The highest BCUT2D eigenvalue weighted by Crippen LogP contribution is 2.17. The molecule has 2 aliphatic rings. The number of nitrogens with zero attached hydrogens (tertiary/aromatic N) is 2. The number of amides is 2. The maximum Gasteiger partial charge on any atom is 0.338 e. The molecule has 0 aromatic carbocycles. The molecule has 124 valence electrons. The van der Waals surface area contributed by atoms with Crippen molar-refractivity contribution in [1.29, 1.82) is 0 Å². The van der Waals surface area contributed by atoms with Gasteiger partial charge in [-0.05, 0) is 12.8 Å². The van der Waals surface area contributed by atoms with Gasteiger partial charge in [0.05, 0.1) is 5.56 Å². The van der Waals surface area contributed by atoms with Crippen molar-refractivity contribution in [2.45, 2.75) is 18.9 Å². The number of carbonyl (C=O) groups excluding carboxylic acids is 2. The largest absolute Gasteiger partial charge is 0.478 e. The number of carboxylic acid groups (broad SMARTS) is 1. The van der Waals surface area contributed by atoms with Crippen LogP contribution < -0.4 is 0 Å². The number of aromatic carboxylic acids is 1. The van der Waals surface area contributed by atoms with E-state index in [0.29, 0.717) is 32.8 Å². The highest BCUT2D eigenvalue weighted by Gasteiger charge is 2.32. The maximum absolute atomic E-state index is 12.3. The van der Waals surface area contributed by atoms with Crippen molar-refractivity contribution in [3.05, 3.63) is 23.7 Å². The molecule has 0 radical (unpaired) electrons. The fraction of sp³-hybridized carbons (Fsp3) is 0.533. The van der Waals surface area contributed by atoms with Gasteiger partial charge in [0.2, 0.25) is 0 Å². The van der Waals surface area contributed by atoms with Crippen molar-refractivity contribution in [1.82, 2.24) is 9.80 Å². The molecule has 1 unspecified atom stereocenters. The normalized spacial score (nSPS) is 21.5. The average molecular weight is 322 g/mol. The summed E-state index contributed by atoms with van der Waals surface area (Å²) in [5.41, 5.74) is -0.0551. The van der Waals surface area contributed by atoms with Crippen LogP contribution in [0.4, 0.5) is 0 Å². The van der Waals surface area contributed by atoms with Gasteiger partial charge >= 0.3 is 5.97 Å². The van der Waals surface area contributed by atoms with Crippen molar-refractivity contribution < 1.29 is 28.6 Å². The molecule has 3 rings (SSSR count). The molecule has 0 saturated carbocycles. The first-order valence-electron chi connectivity index (χ1n) is 7.58. The predicted octanol–water partition coefficient (Wildman–Crippen LogP) is 0.441. The molecule has 0 bridgehead atoms.